The third kappa shape index (κ3) is 3.36. The number of thioether (sulfide) groups is 1. The van der Waals surface area contributed by atoms with Gasteiger partial charge in [-0.2, -0.15) is 0 Å². The van der Waals surface area contributed by atoms with Crippen LogP contribution in [0.15, 0.2) is 64.4 Å². The maximum absolute atomic E-state index is 13.5. The van der Waals surface area contributed by atoms with E-state index in [2.05, 4.69) is 15.2 Å². The van der Waals surface area contributed by atoms with Crippen molar-refractivity contribution in [3.05, 3.63) is 60.5 Å². The maximum Gasteiger partial charge on any atom is 0.276 e. The Kier molecular flexibility index (Phi) is 4.39. The molecule has 0 fully saturated rings. The molecule has 4 aromatic rings. The molecule has 2 aromatic carbocycles. The van der Waals surface area contributed by atoms with E-state index in [0.29, 0.717) is 23.5 Å². The molecule has 0 saturated heterocycles. The molecule has 0 radical (unpaired) electrons. The summed E-state index contributed by atoms with van der Waals surface area (Å²) in [5.74, 6) is 0.916. The highest BCUT2D eigenvalue weighted by atomic mass is 32.2. The third-order valence-corrected chi connectivity index (χ3v) is 4.41. The van der Waals surface area contributed by atoms with Gasteiger partial charge in [-0.1, -0.05) is 42.1 Å². The Morgan fingerprint density at radius 1 is 1.08 bits per heavy atom. The van der Waals surface area contributed by atoms with Gasteiger partial charge in [0, 0.05) is 22.9 Å². The van der Waals surface area contributed by atoms with Crippen LogP contribution in [0, 0.1) is 5.82 Å². The summed E-state index contributed by atoms with van der Waals surface area (Å²) < 4.78 is 24.6. The number of fused-ring (bicyclic) bond motifs is 1. The number of rotatable bonds is 6. The summed E-state index contributed by atoms with van der Waals surface area (Å²) in [6.07, 6.45) is 1.86. The van der Waals surface area contributed by atoms with Crippen LogP contribution in [-0.2, 0) is 0 Å². The zero-order valence-corrected chi connectivity index (χ0v) is 13.9. The van der Waals surface area contributed by atoms with Crippen molar-refractivity contribution in [3.63, 3.8) is 0 Å². The highest BCUT2D eigenvalue weighted by Crippen LogP contribution is 2.29. The van der Waals surface area contributed by atoms with Crippen LogP contribution in [-0.4, -0.2) is 27.5 Å². The molecule has 0 bridgehead atoms. The molecule has 2 aromatic heterocycles. The second-order valence-electron chi connectivity index (χ2n) is 5.25. The van der Waals surface area contributed by atoms with Crippen LogP contribution >= 0.6 is 11.8 Å². The number of ether oxygens (including phenoxy) is 1. The van der Waals surface area contributed by atoms with Crippen molar-refractivity contribution >= 4 is 22.7 Å². The molecule has 0 aliphatic rings. The second kappa shape index (κ2) is 6.98. The summed E-state index contributed by atoms with van der Waals surface area (Å²) in [5.41, 5.74) is 1.89. The Balaban J connectivity index is 1.38. The van der Waals surface area contributed by atoms with E-state index in [1.165, 1.54) is 17.8 Å². The Morgan fingerprint density at radius 2 is 1.92 bits per heavy atom. The highest BCUT2D eigenvalue weighted by molar-refractivity contribution is 7.99. The maximum atomic E-state index is 13.5. The van der Waals surface area contributed by atoms with E-state index in [9.17, 15) is 4.39 Å². The summed E-state index contributed by atoms with van der Waals surface area (Å²) in [6.45, 7) is 0.344. The molecule has 7 heteroatoms. The number of para-hydroxylation sites is 2. The third-order valence-electron chi connectivity index (χ3n) is 3.63. The summed E-state index contributed by atoms with van der Waals surface area (Å²) in [5, 5.41) is 9.63. The van der Waals surface area contributed by atoms with Crippen molar-refractivity contribution in [2.45, 2.75) is 5.22 Å². The Morgan fingerprint density at radius 3 is 2.84 bits per heavy atom. The van der Waals surface area contributed by atoms with Crippen molar-refractivity contribution in [3.8, 4) is 17.2 Å². The topological polar surface area (TPSA) is 63.9 Å². The van der Waals surface area contributed by atoms with Crippen LogP contribution in [0.3, 0.4) is 0 Å². The Hall–Kier alpha value is -2.80. The van der Waals surface area contributed by atoms with E-state index >= 15 is 0 Å². The molecule has 2 heterocycles. The molecule has 0 atom stereocenters. The Labute approximate surface area is 147 Å². The van der Waals surface area contributed by atoms with E-state index in [1.807, 2.05) is 30.5 Å². The fourth-order valence-corrected chi connectivity index (χ4v) is 3.05. The first kappa shape index (κ1) is 15.7. The lowest BCUT2D eigenvalue weighted by molar-refractivity contribution is 0.324. The first-order chi connectivity index (χ1) is 12.3. The number of aromatic amines is 1. The van der Waals surface area contributed by atoms with Crippen LogP contribution < -0.4 is 4.74 Å². The number of hydrogen-bond acceptors (Lipinski definition) is 5. The van der Waals surface area contributed by atoms with Crippen LogP contribution in [0.25, 0.3) is 22.4 Å². The van der Waals surface area contributed by atoms with Crippen LogP contribution in [0.4, 0.5) is 4.39 Å². The van der Waals surface area contributed by atoms with Crippen LogP contribution in [0.2, 0.25) is 0 Å². The smallest absolute Gasteiger partial charge is 0.276 e. The number of aromatic nitrogens is 3. The van der Waals surface area contributed by atoms with Crippen LogP contribution in [0.1, 0.15) is 0 Å². The summed E-state index contributed by atoms with van der Waals surface area (Å²) in [7, 11) is 0. The van der Waals surface area contributed by atoms with Crippen molar-refractivity contribution in [1.29, 1.82) is 0 Å². The minimum atomic E-state index is -0.369. The average molecular weight is 355 g/mol. The fourth-order valence-electron chi connectivity index (χ4n) is 2.47. The van der Waals surface area contributed by atoms with Crippen molar-refractivity contribution in [2.75, 3.05) is 12.4 Å². The van der Waals surface area contributed by atoms with E-state index in [0.717, 1.165) is 16.5 Å². The lowest BCUT2D eigenvalue weighted by Crippen LogP contribution is -2.01. The molecule has 0 aliphatic heterocycles. The first-order valence-electron chi connectivity index (χ1n) is 7.71. The Bertz CT molecular complexity index is 999. The number of halogens is 1. The monoisotopic (exact) mass is 355 g/mol. The lowest BCUT2D eigenvalue weighted by Gasteiger charge is -2.05. The van der Waals surface area contributed by atoms with Crippen molar-refractivity contribution < 1.29 is 13.5 Å². The van der Waals surface area contributed by atoms with E-state index in [4.69, 9.17) is 9.15 Å². The fraction of sp³-hybridized carbons (Fsp3) is 0.111. The molecule has 0 amide bonds. The zero-order chi connectivity index (χ0) is 17.1. The minimum Gasteiger partial charge on any atom is -0.490 e. The van der Waals surface area contributed by atoms with Gasteiger partial charge in [-0.25, -0.2) is 4.39 Å². The second-order valence-corrected chi connectivity index (χ2v) is 6.29. The van der Waals surface area contributed by atoms with Gasteiger partial charge in [-0.3, -0.25) is 0 Å². The largest absolute Gasteiger partial charge is 0.490 e. The highest BCUT2D eigenvalue weighted by Gasteiger charge is 2.13. The molecule has 0 aliphatic carbocycles. The first-order valence-corrected chi connectivity index (χ1v) is 8.70. The molecule has 0 unspecified atom stereocenters. The average Bonchev–Trinajstić information content (AvgIpc) is 3.26. The zero-order valence-electron chi connectivity index (χ0n) is 13.1. The normalized spacial score (nSPS) is 11.1. The van der Waals surface area contributed by atoms with Crippen LogP contribution in [0.5, 0.6) is 5.75 Å². The number of nitrogens with one attached hydrogen (secondary N) is 1. The number of hydrogen-bond donors (Lipinski definition) is 1. The summed E-state index contributed by atoms with van der Waals surface area (Å²) >= 11 is 1.37. The molecular weight excluding hydrogens is 341 g/mol. The van der Waals surface area contributed by atoms with Gasteiger partial charge in [0.25, 0.3) is 11.1 Å². The quantitative estimate of drug-likeness (QED) is 0.407. The molecule has 0 saturated carbocycles. The SMILES string of the molecule is Fc1ccccc1OCCSc1nnc(-c2c[nH]c3ccccc23)o1. The number of benzene rings is 2. The number of H-pyrrole nitrogens is 1. The van der Waals surface area contributed by atoms with Crippen molar-refractivity contribution in [1.82, 2.24) is 15.2 Å². The van der Waals surface area contributed by atoms with Gasteiger partial charge in [0.2, 0.25) is 0 Å². The van der Waals surface area contributed by atoms with E-state index in [-0.39, 0.29) is 11.6 Å². The molecule has 126 valence electrons. The van der Waals surface area contributed by atoms with E-state index < -0.39 is 0 Å². The molecule has 4 rings (SSSR count). The van der Waals surface area contributed by atoms with Gasteiger partial charge in [0.1, 0.15) is 0 Å². The molecular formula is C18H14FN3O2S. The van der Waals surface area contributed by atoms with Gasteiger partial charge in [-0.05, 0) is 18.2 Å². The molecule has 1 N–H and O–H groups in total. The molecule has 0 spiro atoms. The molecule has 25 heavy (non-hydrogen) atoms. The predicted octanol–water partition coefficient (Wildman–Crippen LogP) is 4.53. The van der Waals surface area contributed by atoms with Gasteiger partial charge in [-0.15, -0.1) is 10.2 Å². The summed E-state index contributed by atoms with van der Waals surface area (Å²) in [6, 6.07) is 14.2. The van der Waals surface area contributed by atoms with Gasteiger partial charge in [0.15, 0.2) is 11.6 Å². The summed E-state index contributed by atoms with van der Waals surface area (Å²) in [4.78, 5) is 3.18. The molecule has 5 nitrogen and oxygen atoms in total. The minimum absolute atomic E-state index is 0.244. The number of nitrogens with zero attached hydrogens (tertiary/aromatic N) is 2. The van der Waals surface area contributed by atoms with Gasteiger partial charge in [0.05, 0.1) is 12.2 Å². The predicted molar refractivity (Wildman–Crippen MR) is 94.2 cm³/mol. The van der Waals surface area contributed by atoms with Gasteiger partial charge >= 0.3 is 0 Å². The van der Waals surface area contributed by atoms with Crippen molar-refractivity contribution in [2.24, 2.45) is 0 Å². The standard InChI is InChI=1S/C18H14FN3O2S/c19-14-6-2-4-8-16(14)23-9-10-25-18-22-21-17(24-18)13-11-20-15-7-3-1-5-12(13)15/h1-8,11,20H,9-10H2. The lowest BCUT2D eigenvalue weighted by atomic mass is 10.2. The van der Waals surface area contributed by atoms with Gasteiger partial charge < -0.3 is 14.1 Å². The van der Waals surface area contributed by atoms with E-state index in [1.54, 1.807) is 18.2 Å².